The summed E-state index contributed by atoms with van der Waals surface area (Å²) in [4.78, 5) is 12.9. The highest BCUT2D eigenvalue weighted by Gasteiger charge is 2.12. The summed E-state index contributed by atoms with van der Waals surface area (Å²) in [5.41, 5.74) is 2.16. The lowest BCUT2D eigenvalue weighted by Gasteiger charge is -2.24. The lowest BCUT2D eigenvalue weighted by molar-refractivity contribution is 0.382. The summed E-state index contributed by atoms with van der Waals surface area (Å²) in [5.74, 6) is 3.30. The van der Waals surface area contributed by atoms with E-state index in [0.717, 1.165) is 34.4 Å². The minimum atomic E-state index is 0. The molecule has 0 amide bonds. The summed E-state index contributed by atoms with van der Waals surface area (Å²) >= 11 is 0. The third-order valence-electron chi connectivity index (χ3n) is 4.20. The minimum Gasteiger partial charge on any atom is -0.497 e. The van der Waals surface area contributed by atoms with Crippen LogP contribution in [0.4, 0.5) is 5.82 Å². The van der Waals surface area contributed by atoms with E-state index < -0.39 is 0 Å². The second-order valence-corrected chi connectivity index (χ2v) is 6.32. The van der Waals surface area contributed by atoms with E-state index in [2.05, 4.69) is 26.3 Å². The fourth-order valence-electron chi connectivity index (χ4n) is 2.84. The summed E-state index contributed by atoms with van der Waals surface area (Å²) in [5, 5.41) is 3.40. The van der Waals surface area contributed by atoms with Gasteiger partial charge in [0.2, 0.25) is 0 Å². The van der Waals surface area contributed by atoms with Gasteiger partial charge in [0.05, 0.1) is 14.2 Å². The van der Waals surface area contributed by atoms with Crippen LogP contribution in [0.3, 0.4) is 0 Å². The molecule has 28 heavy (non-hydrogen) atoms. The van der Waals surface area contributed by atoms with Crippen LogP contribution in [-0.4, -0.2) is 58.3 Å². The van der Waals surface area contributed by atoms with Gasteiger partial charge in [0.15, 0.2) is 5.96 Å². The number of anilines is 1. The molecule has 0 spiro atoms. The van der Waals surface area contributed by atoms with Crippen molar-refractivity contribution in [3.8, 4) is 11.5 Å². The van der Waals surface area contributed by atoms with Gasteiger partial charge in [0, 0.05) is 64.7 Å². The quantitative estimate of drug-likeness (QED) is 0.359. The van der Waals surface area contributed by atoms with Gasteiger partial charge in [-0.25, -0.2) is 4.98 Å². The monoisotopic (exact) mass is 499 g/mol. The van der Waals surface area contributed by atoms with Crippen LogP contribution in [0.5, 0.6) is 11.5 Å². The van der Waals surface area contributed by atoms with Crippen LogP contribution in [0, 0.1) is 0 Å². The van der Waals surface area contributed by atoms with Crippen LogP contribution in [0.15, 0.2) is 41.5 Å². The van der Waals surface area contributed by atoms with E-state index in [1.165, 1.54) is 0 Å². The molecular weight excluding hydrogens is 469 g/mol. The Balaban J connectivity index is 0.00000392. The lowest BCUT2D eigenvalue weighted by atomic mass is 10.2. The fourth-order valence-corrected chi connectivity index (χ4v) is 2.84. The van der Waals surface area contributed by atoms with Gasteiger partial charge >= 0.3 is 0 Å². The molecule has 0 unspecified atom stereocenters. The molecule has 1 N–H and O–H groups in total. The number of methoxy groups -OCH3 is 2. The number of nitrogens with one attached hydrogen (secondary N) is 1. The molecule has 1 aromatic heterocycles. The first-order valence-electron chi connectivity index (χ1n) is 8.74. The summed E-state index contributed by atoms with van der Waals surface area (Å²) in [6, 6.07) is 9.83. The Kier molecular flexibility index (Phi) is 9.84. The molecule has 2 aromatic rings. The van der Waals surface area contributed by atoms with Crippen molar-refractivity contribution >= 4 is 35.8 Å². The predicted octanol–water partition coefficient (Wildman–Crippen LogP) is 2.99. The molecule has 1 aromatic carbocycles. The van der Waals surface area contributed by atoms with Gasteiger partial charge in [0.1, 0.15) is 17.3 Å². The van der Waals surface area contributed by atoms with E-state index in [1.54, 1.807) is 27.5 Å². The number of hydrogen-bond donors (Lipinski definition) is 1. The Hall–Kier alpha value is -2.23. The number of ether oxygens (including phenoxy) is 2. The first-order valence-corrected chi connectivity index (χ1v) is 8.74. The van der Waals surface area contributed by atoms with E-state index in [0.29, 0.717) is 13.1 Å². The van der Waals surface area contributed by atoms with Gasteiger partial charge in [-0.1, -0.05) is 6.07 Å². The van der Waals surface area contributed by atoms with E-state index in [-0.39, 0.29) is 24.0 Å². The summed E-state index contributed by atoms with van der Waals surface area (Å²) < 4.78 is 10.8. The van der Waals surface area contributed by atoms with Crippen molar-refractivity contribution in [1.29, 1.82) is 0 Å². The molecule has 1 heterocycles. The standard InChI is InChI=1S/C20H29N5O2.HI/c1-21-20(23-13-15-8-7-11-22-19(15)24(2)3)25(4)14-16-9-10-17(26-5)12-18(16)27-6;/h7-12H,13-14H2,1-6H3,(H,21,23);1H. The predicted molar refractivity (Wildman–Crippen MR) is 125 cm³/mol. The number of rotatable bonds is 7. The molecule has 0 saturated heterocycles. The summed E-state index contributed by atoms with van der Waals surface area (Å²) in [6.07, 6.45) is 1.80. The molecule has 0 fully saturated rings. The van der Waals surface area contributed by atoms with Crippen molar-refractivity contribution in [2.75, 3.05) is 47.3 Å². The van der Waals surface area contributed by atoms with Gasteiger partial charge in [-0.05, 0) is 18.2 Å². The van der Waals surface area contributed by atoms with Crippen molar-refractivity contribution in [3.05, 3.63) is 47.7 Å². The third kappa shape index (κ3) is 6.15. The van der Waals surface area contributed by atoms with Crippen molar-refractivity contribution < 1.29 is 9.47 Å². The number of benzene rings is 1. The normalized spacial score (nSPS) is 10.7. The van der Waals surface area contributed by atoms with Crippen molar-refractivity contribution in [2.45, 2.75) is 13.1 Å². The topological polar surface area (TPSA) is 62.2 Å². The maximum atomic E-state index is 5.49. The zero-order valence-electron chi connectivity index (χ0n) is 17.4. The van der Waals surface area contributed by atoms with Crippen molar-refractivity contribution in [1.82, 2.24) is 15.2 Å². The van der Waals surface area contributed by atoms with Gasteiger partial charge < -0.3 is 24.6 Å². The second kappa shape index (κ2) is 11.6. The molecule has 2 rings (SSSR count). The molecule has 0 aliphatic carbocycles. The van der Waals surface area contributed by atoms with Crippen LogP contribution >= 0.6 is 24.0 Å². The number of aliphatic imine (C=N–C) groups is 1. The van der Waals surface area contributed by atoms with E-state index in [9.17, 15) is 0 Å². The van der Waals surface area contributed by atoms with Gasteiger partial charge in [-0.2, -0.15) is 0 Å². The largest absolute Gasteiger partial charge is 0.497 e. The highest BCUT2D eigenvalue weighted by atomic mass is 127. The second-order valence-electron chi connectivity index (χ2n) is 6.32. The first-order chi connectivity index (χ1) is 13.0. The van der Waals surface area contributed by atoms with Crippen LogP contribution in [0.25, 0.3) is 0 Å². The summed E-state index contributed by atoms with van der Waals surface area (Å²) in [7, 11) is 11.1. The van der Waals surface area contributed by atoms with Gasteiger partial charge in [-0.15, -0.1) is 24.0 Å². The zero-order chi connectivity index (χ0) is 19.8. The number of aromatic nitrogens is 1. The molecule has 0 radical (unpaired) electrons. The molecule has 7 nitrogen and oxygen atoms in total. The molecule has 154 valence electrons. The average Bonchev–Trinajstić information content (AvgIpc) is 2.68. The van der Waals surface area contributed by atoms with E-state index in [4.69, 9.17) is 9.47 Å². The minimum absolute atomic E-state index is 0. The Morgan fingerprint density at radius 3 is 2.46 bits per heavy atom. The molecule has 8 heteroatoms. The molecule has 0 bridgehead atoms. The number of halogens is 1. The van der Waals surface area contributed by atoms with Crippen LogP contribution in [0.1, 0.15) is 11.1 Å². The number of hydrogen-bond acceptors (Lipinski definition) is 5. The first kappa shape index (κ1) is 23.8. The molecular formula is C20H30IN5O2. The fraction of sp³-hybridized carbons (Fsp3) is 0.400. The lowest BCUT2D eigenvalue weighted by Crippen LogP contribution is -2.38. The van der Waals surface area contributed by atoms with Crippen LogP contribution in [-0.2, 0) is 13.1 Å². The van der Waals surface area contributed by atoms with Crippen molar-refractivity contribution in [2.24, 2.45) is 4.99 Å². The Morgan fingerprint density at radius 2 is 1.86 bits per heavy atom. The maximum Gasteiger partial charge on any atom is 0.193 e. The molecule has 0 aliphatic heterocycles. The Labute approximate surface area is 184 Å². The summed E-state index contributed by atoms with van der Waals surface area (Å²) in [6.45, 7) is 1.29. The number of guanidine groups is 1. The Morgan fingerprint density at radius 1 is 1.11 bits per heavy atom. The highest BCUT2D eigenvalue weighted by molar-refractivity contribution is 14.0. The third-order valence-corrected chi connectivity index (χ3v) is 4.20. The molecule has 0 saturated carbocycles. The average molecular weight is 499 g/mol. The van der Waals surface area contributed by atoms with Crippen LogP contribution in [0.2, 0.25) is 0 Å². The maximum absolute atomic E-state index is 5.49. The Bertz CT molecular complexity index is 783. The van der Waals surface area contributed by atoms with Crippen molar-refractivity contribution in [3.63, 3.8) is 0 Å². The highest BCUT2D eigenvalue weighted by Crippen LogP contribution is 2.25. The SMILES string of the molecule is CN=C(NCc1cccnc1N(C)C)N(C)Cc1ccc(OC)cc1OC.I. The van der Waals surface area contributed by atoms with E-state index >= 15 is 0 Å². The number of pyridine rings is 1. The van der Waals surface area contributed by atoms with Gasteiger partial charge in [-0.3, -0.25) is 4.99 Å². The number of nitrogens with zero attached hydrogens (tertiary/aromatic N) is 4. The zero-order valence-corrected chi connectivity index (χ0v) is 19.7. The molecule has 0 atom stereocenters. The van der Waals surface area contributed by atoms with E-state index in [1.807, 2.05) is 50.3 Å². The molecule has 0 aliphatic rings. The van der Waals surface area contributed by atoms with Gasteiger partial charge in [0.25, 0.3) is 0 Å². The van der Waals surface area contributed by atoms with Crippen LogP contribution < -0.4 is 19.7 Å². The smallest absolute Gasteiger partial charge is 0.193 e.